The third-order valence-corrected chi connectivity index (χ3v) is 5.27. The van der Waals surface area contributed by atoms with Crippen LogP contribution in [-0.2, 0) is 9.53 Å². The molecule has 1 atom stereocenters. The standard InChI is InChI=1S/C22H36N4O3.HI/c1-6-23-22(26-13-11-17(12-14-26)21(27)29-7-2)24-16-20(25(3)4)18-9-8-10-19(15-18)28-5;/h8-10,15,17,20H,6-7,11-14,16H2,1-5H3,(H,23,24);1H. The van der Waals surface area contributed by atoms with Crippen molar-refractivity contribution in [2.45, 2.75) is 32.7 Å². The van der Waals surface area contributed by atoms with E-state index >= 15 is 0 Å². The first kappa shape index (κ1) is 26.5. The molecule has 0 aliphatic carbocycles. The van der Waals surface area contributed by atoms with E-state index < -0.39 is 0 Å². The summed E-state index contributed by atoms with van der Waals surface area (Å²) in [7, 11) is 5.82. The zero-order valence-corrected chi connectivity index (χ0v) is 21.2. The Hall–Kier alpha value is -1.55. The van der Waals surface area contributed by atoms with Crippen molar-refractivity contribution < 1.29 is 14.3 Å². The largest absolute Gasteiger partial charge is 0.497 e. The minimum atomic E-state index is -0.0696. The lowest BCUT2D eigenvalue weighted by Gasteiger charge is -2.34. The van der Waals surface area contributed by atoms with Gasteiger partial charge in [-0.05, 0) is 58.5 Å². The number of hydrogen-bond acceptors (Lipinski definition) is 5. The highest BCUT2D eigenvalue weighted by Crippen LogP contribution is 2.23. The highest BCUT2D eigenvalue weighted by atomic mass is 127. The number of ether oxygens (including phenoxy) is 2. The summed E-state index contributed by atoms with van der Waals surface area (Å²) in [4.78, 5) is 21.3. The number of rotatable bonds is 8. The Balaban J connectivity index is 0.00000450. The number of carbonyl (C=O) groups is 1. The molecule has 1 aliphatic heterocycles. The number of piperidine rings is 1. The molecule has 0 amide bonds. The molecule has 8 heteroatoms. The minimum absolute atomic E-state index is 0. The van der Waals surface area contributed by atoms with E-state index in [1.165, 1.54) is 5.56 Å². The number of aliphatic imine (C=N–C) groups is 1. The molecule has 1 saturated heterocycles. The second-order valence-electron chi connectivity index (χ2n) is 7.46. The highest BCUT2D eigenvalue weighted by Gasteiger charge is 2.27. The van der Waals surface area contributed by atoms with Crippen LogP contribution in [0, 0.1) is 5.92 Å². The van der Waals surface area contributed by atoms with E-state index in [4.69, 9.17) is 14.5 Å². The Labute approximate surface area is 198 Å². The molecular weight excluding hydrogens is 495 g/mol. The number of halogens is 1. The lowest BCUT2D eigenvalue weighted by Crippen LogP contribution is -2.47. The van der Waals surface area contributed by atoms with E-state index in [0.29, 0.717) is 13.2 Å². The molecule has 1 heterocycles. The summed E-state index contributed by atoms with van der Waals surface area (Å²) in [5.41, 5.74) is 1.18. The fraction of sp³-hybridized carbons (Fsp3) is 0.636. The zero-order chi connectivity index (χ0) is 21.2. The summed E-state index contributed by atoms with van der Waals surface area (Å²) >= 11 is 0. The number of carbonyl (C=O) groups excluding carboxylic acids is 1. The van der Waals surface area contributed by atoms with Gasteiger partial charge < -0.3 is 24.6 Å². The third kappa shape index (κ3) is 7.61. The second kappa shape index (κ2) is 13.7. The number of methoxy groups -OCH3 is 1. The van der Waals surface area contributed by atoms with Crippen LogP contribution in [0.25, 0.3) is 0 Å². The maximum atomic E-state index is 12.0. The first-order valence-electron chi connectivity index (χ1n) is 10.5. The number of hydrogen-bond donors (Lipinski definition) is 1. The summed E-state index contributed by atoms with van der Waals surface area (Å²) in [5, 5.41) is 3.41. The van der Waals surface area contributed by atoms with E-state index in [9.17, 15) is 4.79 Å². The maximum Gasteiger partial charge on any atom is 0.309 e. The molecule has 0 saturated carbocycles. The number of likely N-dealkylation sites (tertiary alicyclic amines) is 1. The van der Waals surface area contributed by atoms with Crippen molar-refractivity contribution in [1.29, 1.82) is 0 Å². The van der Waals surface area contributed by atoms with Gasteiger partial charge in [0.2, 0.25) is 0 Å². The van der Waals surface area contributed by atoms with Crippen LogP contribution in [0.1, 0.15) is 38.3 Å². The summed E-state index contributed by atoms with van der Waals surface area (Å²) in [6, 6.07) is 8.30. The van der Waals surface area contributed by atoms with E-state index in [1.807, 2.05) is 19.1 Å². The second-order valence-corrected chi connectivity index (χ2v) is 7.46. The molecule has 1 fully saturated rings. The van der Waals surface area contributed by atoms with Gasteiger partial charge in [0, 0.05) is 19.6 Å². The van der Waals surface area contributed by atoms with Crippen LogP contribution in [-0.4, -0.2) is 75.7 Å². The van der Waals surface area contributed by atoms with E-state index in [1.54, 1.807) is 7.11 Å². The third-order valence-electron chi connectivity index (χ3n) is 5.27. The highest BCUT2D eigenvalue weighted by molar-refractivity contribution is 14.0. The SMILES string of the molecule is CCNC(=NCC(c1cccc(OC)c1)N(C)C)N1CCC(C(=O)OCC)CC1.I. The molecule has 1 aromatic carbocycles. The number of guanidine groups is 1. The number of benzene rings is 1. The van der Waals surface area contributed by atoms with Crippen molar-refractivity contribution in [1.82, 2.24) is 15.1 Å². The van der Waals surface area contributed by atoms with Gasteiger partial charge in [-0.3, -0.25) is 9.79 Å². The van der Waals surface area contributed by atoms with Crippen LogP contribution in [0.4, 0.5) is 0 Å². The van der Waals surface area contributed by atoms with Crippen molar-refractivity contribution in [3.63, 3.8) is 0 Å². The molecule has 1 aliphatic rings. The smallest absolute Gasteiger partial charge is 0.309 e. The first-order valence-corrected chi connectivity index (χ1v) is 10.5. The van der Waals surface area contributed by atoms with Crippen molar-refractivity contribution >= 4 is 35.9 Å². The van der Waals surface area contributed by atoms with E-state index in [2.05, 4.69) is 48.3 Å². The molecule has 30 heavy (non-hydrogen) atoms. The predicted octanol–water partition coefficient (Wildman–Crippen LogP) is 3.16. The van der Waals surface area contributed by atoms with Gasteiger partial charge in [-0.1, -0.05) is 12.1 Å². The van der Waals surface area contributed by atoms with Gasteiger partial charge >= 0.3 is 5.97 Å². The monoisotopic (exact) mass is 532 g/mol. The van der Waals surface area contributed by atoms with Crippen LogP contribution >= 0.6 is 24.0 Å². The quantitative estimate of drug-likeness (QED) is 0.240. The average molecular weight is 532 g/mol. The Morgan fingerprint density at radius 2 is 2.00 bits per heavy atom. The van der Waals surface area contributed by atoms with Gasteiger partial charge in [0.05, 0.1) is 32.2 Å². The van der Waals surface area contributed by atoms with Crippen molar-refractivity contribution in [3.8, 4) is 5.75 Å². The Morgan fingerprint density at radius 1 is 1.30 bits per heavy atom. The Bertz CT molecular complexity index is 676. The predicted molar refractivity (Wildman–Crippen MR) is 132 cm³/mol. The van der Waals surface area contributed by atoms with Crippen LogP contribution in [0.2, 0.25) is 0 Å². The Kier molecular flexibility index (Phi) is 12.1. The molecule has 1 aromatic rings. The van der Waals surface area contributed by atoms with Crippen molar-refractivity contribution in [2.24, 2.45) is 10.9 Å². The number of likely N-dealkylation sites (N-methyl/N-ethyl adjacent to an activating group) is 1. The van der Waals surface area contributed by atoms with Crippen LogP contribution in [0.3, 0.4) is 0 Å². The maximum absolute atomic E-state index is 12.0. The molecule has 170 valence electrons. The molecule has 0 bridgehead atoms. The molecular formula is C22H37IN4O3. The molecule has 1 unspecified atom stereocenters. The van der Waals surface area contributed by atoms with Crippen LogP contribution < -0.4 is 10.1 Å². The minimum Gasteiger partial charge on any atom is -0.497 e. The first-order chi connectivity index (χ1) is 14.0. The van der Waals surface area contributed by atoms with Crippen LogP contribution in [0.15, 0.2) is 29.3 Å². The molecule has 0 aromatic heterocycles. The normalized spacial score (nSPS) is 16.1. The summed E-state index contributed by atoms with van der Waals surface area (Å²) in [5.74, 6) is 1.69. The molecule has 0 radical (unpaired) electrons. The lowest BCUT2D eigenvalue weighted by molar-refractivity contribution is -0.149. The van der Waals surface area contributed by atoms with E-state index in [-0.39, 0.29) is 41.9 Å². The lowest BCUT2D eigenvalue weighted by atomic mass is 9.97. The summed E-state index contributed by atoms with van der Waals surface area (Å²) in [6.07, 6.45) is 1.60. The van der Waals surface area contributed by atoms with Gasteiger partial charge in [-0.15, -0.1) is 24.0 Å². The van der Waals surface area contributed by atoms with Crippen molar-refractivity contribution in [3.05, 3.63) is 29.8 Å². The van der Waals surface area contributed by atoms with Gasteiger partial charge in [-0.2, -0.15) is 0 Å². The number of nitrogens with one attached hydrogen (secondary N) is 1. The molecule has 1 N–H and O–H groups in total. The fourth-order valence-corrected chi connectivity index (χ4v) is 3.60. The topological polar surface area (TPSA) is 66.4 Å². The summed E-state index contributed by atoms with van der Waals surface area (Å²) < 4.78 is 10.6. The fourth-order valence-electron chi connectivity index (χ4n) is 3.60. The van der Waals surface area contributed by atoms with Gasteiger partial charge in [-0.25, -0.2) is 0 Å². The zero-order valence-electron chi connectivity index (χ0n) is 18.9. The average Bonchev–Trinajstić information content (AvgIpc) is 2.73. The Morgan fingerprint density at radius 3 is 2.57 bits per heavy atom. The molecule has 0 spiro atoms. The summed E-state index contributed by atoms with van der Waals surface area (Å²) in [6.45, 7) is 7.43. The van der Waals surface area contributed by atoms with Gasteiger partial charge in [0.15, 0.2) is 5.96 Å². The molecule has 2 rings (SSSR count). The van der Waals surface area contributed by atoms with Crippen molar-refractivity contribution in [2.75, 3.05) is 54.0 Å². The molecule has 7 nitrogen and oxygen atoms in total. The van der Waals surface area contributed by atoms with Gasteiger partial charge in [0.1, 0.15) is 5.75 Å². The number of nitrogens with zero attached hydrogens (tertiary/aromatic N) is 3. The van der Waals surface area contributed by atoms with Gasteiger partial charge in [0.25, 0.3) is 0 Å². The van der Waals surface area contributed by atoms with Crippen LogP contribution in [0.5, 0.6) is 5.75 Å². The number of esters is 1. The van der Waals surface area contributed by atoms with E-state index in [0.717, 1.165) is 44.2 Å².